The number of carbonyl (C=O) groups is 2. The Balaban J connectivity index is 1.54. The lowest BCUT2D eigenvalue weighted by molar-refractivity contribution is 0.0684. The van der Waals surface area contributed by atoms with Crippen LogP contribution in [-0.2, 0) is 0 Å². The van der Waals surface area contributed by atoms with Crippen molar-refractivity contribution in [1.82, 2.24) is 10.3 Å². The lowest BCUT2D eigenvalue weighted by Gasteiger charge is -2.13. The van der Waals surface area contributed by atoms with Crippen molar-refractivity contribution in [3.63, 3.8) is 0 Å². The quantitative estimate of drug-likeness (QED) is 0.375. The Morgan fingerprint density at radius 3 is 2.36 bits per heavy atom. The van der Waals surface area contributed by atoms with Crippen molar-refractivity contribution in [2.24, 2.45) is 5.10 Å². The number of benzene rings is 2. The van der Waals surface area contributed by atoms with Gasteiger partial charge in [-0.25, -0.2) is 0 Å². The molecule has 0 spiro atoms. The SMILES string of the molecule is O=C1c2ccccc2C(=O)N1CSC(=S)N/N=C\c1ccccc1Cl. The number of amides is 2. The number of thiocarbonyl (C=S) groups is 1. The molecule has 2 aromatic carbocycles. The van der Waals surface area contributed by atoms with Crippen LogP contribution >= 0.6 is 35.6 Å². The molecular formula is C17H12ClN3O2S2. The fourth-order valence-electron chi connectivity index (χ4n) is 2.25. The van der Waals surface area contributed by atoms with Crippen molar-refractivity contribution in [3.05, 3.63) is 70.2 Å². The van der Waals surface area contributed by atoms with E-state index in [-0.39, 0.29) is 17.7 Å². The molecule has 2 amide bonds. The number of hydrogen-bond donors (Lipinski definition) is 1. The third kappa shape index (κ3) is 3.89. The van der Waals surface area contributed by atoms with Crippen LogP contribution in [0.3, 0.4) is 0 Å². The minimum atomic E-state index is -0.310. The van der Waals surface area contributed by atoms with Crippen molar-refractivity contribution >= 4 is 57.9 Å². The Hall–Kier alpha value is -2.22. The number of carbonyl (C=O) groups excluding carboxylic acids is 2. The van der Waals surface area contributed by atoms with Gasteiger partial charge in [-0.15, -0.1) is 0 Å². The summed E-state index contributed by atoms with van der Waals surface area (Å²) in [6.07, 6.45) is 1.55. The Morgan fingerprint density at radius 2 is 1.72 bits per heavy atom. The van der Waals surface area contributed by atoms with E-state index in [4.69, 9.17) is 23.8 Å². The molecule has 5 nitrogen and oxygen atoms in total. The zero-order valence-electron chi connectivity index (χ0n) is 12.8. The first-order valence-corrected chi connectivity index (χ1v) is 9.00. The third-order valence-corrected chi connectivity index (χ3v) is 5.00. The summed E-state index contributed by atoms with van der Waals surface area (Å²) in [5.74, 6) is -0.495. The number of hydrogen-bond acceptors (Lipinski definition) is 5. The van der Waals surface area contributed by atoms with Crippen LogP contribution in [0, 0.1) is 0 Å². The van der Waals surface area contributed by atoms with Gasteiger partial charge in [-0.3, -0.25) is 19.9 Å². The van der Waals surface area contributed by atoms with Crippen LogP contribution in [0.5, 0.6) is 0 Å². The average Bonchev–Trinajstić information content (AvgIpc) is 2.86. The molecule has 0 radical (unpaired) electrons. The molecule has 0 saturated carbocycles. The molecule has 1 heterocycles. The molecule has 1 aliphatic heterocycles. The molecule has 25 heavy (non-hydrogen) atoms. The van der Waals surface area contributed by atoms with E-state index < -0.39 is 0 Å². The van der Waals surface area contributed by atoms with Crippen LogP contribution in [0.25, 0.3) is 0 Å². The number of hydrazone groups is 1. The molecule has 1 aliphatic rings. The molecule has 0 bridgehead atoms. The van der Waals surface area contributed by atoms with Crippen molar-refractivity contribution in [3.8, 4) is 0 Å². The van der Waals surface area contributed by atoms with Crippen molar-refractivity contribution in [1.29, 1.82) is 0 Å². The zero-order valence-corrected chi connectivity index (χ0v) is 15.2. The summed E-state index contributed by atoms with van der Waals surface area (Å²) in [6.45, 7) is 0. The second-order valence-corrected chi connectivity index (χ2v) is 7.07. The second-order valence-electron chi connectivity index (χ2n) is 5.04. The highest BCUT2D eigenvalue weighted by molar-refractivity contribution is 8.22. The topological polar surface area (TPSA) is 61.8 Å². The van der Waals surface area contributed by atoms with Crippen LogP contribution in [0.15, 0.2) is 53.6 Å². The molecular weight excluding hydrogens is 378 g/mol. The molecule has 0 saturated heterocycles. The van der Waals surface area contributed by atoms with Gasteiger partial charge < -0.3 is 0 Å². The van der Waals surface area contributed by atoms with Gasteiger partial charge in [-0.1, -0.05) is 65.9 Å². The maximum atomic E-state index is 12.2. The van der Waals surface area contributed by atoms with E-state index in [2.05, 4.69) is 10.5 Å². The van der Waals surface area contributed by atoms with Crippen LogP contribution in [0.4, 0.5) is 0 Å². The number of imide groups is 1. The largest absolute Gasteiger partial charge is 0.269 e. The highest BCUT2D eigenvalue weighted by atomic mass is 35.5. The minimum Gasteiger partial charge on any atom is -0.269 e. The van der Waals surface area contributed by atoms with Gasteiger partial charge >= 0.3 is 0 Å². The number of fused-ring (bicyclic) bond motifs is 1. The summed E-state index contributed by atoms with van der Waals surface area (Å²) in [5, 5.41) is 4.60. The minimum absolute atomic E-state index is 0.125. The van der Waals surface area contributed by atoms with E-state index >= 15 is 0 Å². The molecule has 3 rings (SSSR count). The standard InChI is InChI=1S/C17H12ClN3O2S2/c18-14-8-4-1-5-11(14)9-19-20-17(24)25-10-21-15(22)12-6-2-3-7-13(12)16(21)23/h1-9H,10H2,(H,20,24)/b19-9-. The normalized spacial score (nSPS) is 13.4. The Labute approximate surface area is 159 Å². The van der Waals surface area contributed by atoms with Gasteiger partial charge in [-0.05, 0) is 18.2 Å². The van der Waals surface area contributed by atoms with Gasteiger partial charge in [0.1, 0.15) is 0 Å². The summed E-state index contributed by atoms with van der Waals surface area (Å²) in [6, 6.07) is 14.0. The molecule has 0 unspecified atom stereocenters. The molecule has 126 valence electrons. The third-order valence-electron chi connectivity index (χ3n) is 3.47. The number of nitrogens with one attached hydrogen (secondary N) is 1. The lowest BCUT2D eigenvalue weighted by atomic mass is 10.1. The smallest absolute Gasteiger partial charge is 0.262 e. The molecule has 8 heteroatoms. The maximum Gasteiger partial charge on any atom is 0.262 e. The van der Waals surface area contributed by atoms with Crippen LogP contribution in [0.1, 0.15) is 26.3 Å². The summed E-state index contributed by atoms with van der Waals surface area (Å²) < 4.78 is 0.347. The summed E-state index contributed by atoms with van der Waals surface area (Å²) in [5.41, 5.74) is 4.28. The molecule has 0 atom stereocenters. The fraction of sp³-hybridized carbons (Fsp3) is 0.0588. The highest BCUT2D eigenvalue weighted by Crippen LogP contribution is 2.24. The molecule has 0 fully saturated rings. The first-order valence-electron chi connectivity index (χ1n) is 7.23. The summed E-state index contributed by atoms with van der Waals surface area (Å²) in [4.78, 5) is 25.6. The van der Waals surface area contributed by atoms with E-state index in [0.717, 1.165) is 17.3 Å². The number of nitrogens with zero attached hydrogens (tertiary/aromatic N) is 2. The van der Waals surface area contributed by atoms with Crippen molar-refractivity contribution < 1.29 is 9.59 Å². The van der Waals surface area contributed by atoms with Crippen LogP contribution in [0.2, 0.25) is 5.02 Å². The summed E-state index contributed by atoms with van der Waals surface area (Å²) in [7, 11) is 0. The first-order chi connectivity index (χ1) is 12.1. The van der Waals surface area contributed by atoms with Crippen LogP contribution < -0.4 is 5.43 Å². The predicted molar refractivity (Wildman–Crippen MR) is 104 cm³/mol. The Kier molecular flexibility index (Phi) is 5.47. The van der Waals surface area contributed by atoms with Gasteiger partial charge in [0.2, 0.25) is 0 Å². The first kappa shape index (κ1) is 17.6. The summed E-state index contributed by atoms with van der Waals surface area (Å²) >= 11 is 12.3. The zero-order chi connectivity index (χ0) is 17.8. The van der Waals surface area contributed by atoms with Gasteiger partial charge in [0.15, 0.2) is 4.32 Å². The van der Waals surface area contributed by atoms with Gasteiger partial charge in [0.05, 0.1) is 23.2 Å². The lowest BCUT2D eigenvalue weighted by Crippen LogP contribution is -2.30. The van der Waals surface area contributed by atoms with Crippen molar-refractivity contribution in [2.75, 3.05) is 5.88 Å². The molecule has 1 N–H and O–H groups in total. The molecule has 0 aliphatic carbocycles. The number of rotatable bonds is 4. The highest BCUT2D eigenvalue weighted by Gasteiger charge is 2.34. The predicted octanol–water partition coefficient (Wildman–Crippen LogP) is 3.54. The molecule has 0 aromatic heterocycles. The van der Waals surface area contributed by atoms with E-state index in [1.165, 1.54) is 4.90 Å². The Bertz CT molecular complexity index is 851. The van der Waals surface area contributed by atoms with Gasteiger partial charge in [0, 0.05) is 10.6 Å². The number of thioether (sulfide) groups is 1. The monoisotopic (exact) mass is 389 g/mol. The van der Waals surface area contributed by atoms with E-state index in [0.29, 0.717) is 20.5 Å². The van der Waals surface area contributed by atoms with Gasteiger partial charge in [-0.2, -0.15) is 5.10 Å². The Morgan fingerprint density at radius 1 is 1.12 bits per heavy atom. The van der Waals surface area contributed by atoms with E-state index in [1.807, 2.05) is 18.2 Å². The molecule has 2 aromatic rings. The van der Waals surface area contributed by atoms with Gasteiger partial charge in [0.25, 0.3) is 11.8 Å². The average molecular weight is 390 g/mol. The van der Waals surface area contributed by atoms with Crippen LogP contribution in [-0.4, -0.2) is 33.1 Å². The van der Waals surface area contributed by atoms with E-state index in [9.17, 15) is 9.59 Å². The number of halogens is 1. The van der Waals surface area contributed by atoms with E-state index in [1.54, 1.807) is 36.5 Å². The van der Waals surface area contributed by atoms with Crippen molar-refractivity contribution in [2.45, 2.75) is 0 Å². The maximum absolute atomic E-state index is 12.2. The second kappa shape index (κ2) is 7.77. The fourth-order valence-corrected chi connectivity index (χ4v) is 3.24.